The molecule has 4 aromatic rings. The van der Waals surface area contributed by atoms with Gasteiger partial charge in [-0.2, -0.15) is 0 Å². The van der Waals surface area contributed by atoms with Gasteiger partial charge in [0.1, 0.15) is 5.52 Å². The van der Waals surface area contributed by atoms with Crippen molar-refractivity contribution in [2.24, 2.45) is 0 Å². The number of carbonyl (C=O) groups is 1. The average molecular weight is 486 g/mol. The van der Waals surface area contributed by atoms with Crippen molar-refractivity contribution in [2.45, 2.75) is 43.3 Å². The van der Waals surface area contributed by atoms with Gasteiger partial charge in [0.15, 0.2) is 10.8 Å². The molecule has 1 saturated heterocycles. The summed E-state index contributed by atoms with van der Waals surface area (Å²) in [7, 11) is 0. The van der Waals surface area contributed by atoms with Gasteiger partial charge in [-0.15, -0.1) is 0 Å². The Hall–Kier alpha value is -3.16. The van der Waals surface area contributed by atoms with Gasteiger partial charge in [0, 0.05) is 30.1 Å². The second-order valence-corrected chi connectivity index (χ2v) is 9.88. The third-order valence-electron chi connectivity index (χ3n) is 6.64. The summed E-state index contributed by atoms with van der Waals surface area (Å²) in [6.45, 7) is 5.81. The summed E-state index contributed by atoms with van der Waals surface area (Å²) in [6, 6.07) is 22.7. The molecule has 6 nitrogen and oxygen atoms in total. The van der Waals surface area contributed by atoms with Crippen LogP contribution in [0.2, 0.25) is 0 Å². The number of hydrogen-bond donors (Lipinski definition) is 1. The first kappa shape index (κ1) is 23.6. The summed E-state index contributed by atoms with van der Waals surface area (Å²) >= 11 is 1.69. The van der Waals surface area contributed by atoms with Crippen LogP contribution >= 0.6 is 11.8 Å². The van der Waals surface area contributed by atoms with E-state index < -0.39 is 0 Å². The number of likely N-dealkylation sites (N-methyl/N-ethyl adjacent to an activating group) is 1. The number of aromatic nitrogens is 3. The van der Waals surface area contributed by atoms with E-state index in [9.17, 15) is 4.79 Å². The van der Waals surface area contributed by atoms with Gasteiger partial charge in [0.25, 0.3) is 5.91 Å². The molecule has 0 aliphatic carbocycles. The minimum atomic E-state index is 0.00267. The number of hydrogen-bond acceptors (Lipinski definition) is 5. The number of thioether (sulfide) groups is 1. The Bertz CT molecular complexity index is 1270. The second kappa shape index (κ2) is 11.1. The van der Waals surface area contributed by atoms with Gasteiger partial charge in [0.2, 0.25) is 0 Å². The first-order valence-electron chi connectivity index (χ1n) is 12.3. The Kier molecular flexibility index (Phi) is 7.45. The SMILES string of the molecule is CCN1CCC[C@@H]1CNC(=O)c1ccc(CSc2nc3cccnc3n2Cc2ccccc2)cc1. The van der Waals surface area contributed by atoms with E-state index in [1.54, 1.807) is 11.8 Å². The van der Waals surface area contributed by atoms with Gasteiger partial charge >= 0.3 is 0 Å². The van der Waals surface area contributed by atoms with Gasteiger partial charge < -0.3 is 5.32 Å². The minimum Gasteiger partial charge on any atom is -0.350 e. The van der Waals surface area contributed by atoms with E-state index in [4.69, 9.17) is 4.98 Å². The van der Waals surface area contributed by atoms with Crippen molar-refractivity contribution in [3.8, 4) is 0 Å². The van der Waals surface area contributed by atoms with Gasteiger partial charge in [0.05, 0.1) is 6.54 Å². The molecule has 1 aliphatic heterocycles. The highest BCUT2D eigenvalue weighted by molar-refractivity contribution is 7.98. The monoisotopic (exact) mass is 485 g/mol. The number of fused-ring (bicyclic) bond motifs is 1. The molecule has 180 valence electrons. The minimum absolute atomic E-state index is 0.00267. The van der Waals surface area contributed by atoms with Crippen molar-refractivity contribution < 1.29 is 4.79 Å². The number of imidazole rings is 1. The zero-order chi connectivity index (χ0) is 24.0. The Labute approximate surface area is 210 Å². The van der Waals surface area contributed by atoms with Crippen molar-refractivity contribution in [1.29, 1.82) is 0 Å². The Morgan fingerprint density at radius 1 is 1.06 bits per heavy atom. The van der Waals surface area contributed by atoms with Crippen LogP contribution in [0.4, 0.5) is 0 Å². The van der Waals surface area contributed by atoms with Gasteiger partial charge in [-0.1, -0.05) is 61.2 Å². The summed E-state index contributed by atoms with van der Waals surface area (Å²) in [5, 5.41) is 4.07. The highest BCUT2D eigenvalue weighted by Gasteiger charge is 2.23. The molecule has 0 bridgehead atoms. The van der Waals surface area contributed by atoms with Crippen molar-refractivity contribution in [3.05, 3.63) is 89.6 Å². The molecule has 1 atom stereocenters. The highest BCUT2D eigenvalue weighted by Crippen LogP contribution is 2.27. The van der Waals surface area contributed by atoms with Crippen LogP contribution in [-0.2, 0) is 12.3 Å². The van der Waals surface area contributed by atoms with E-state index >= 15 is 0 Å². The molecular formula is C28H31N5OS. The lowest BCUT2D eigenvalue weighted by molar-refractivity contribution is 0.0941. The number of nitrogens with zero attached hydrogens (tertiary/aromatic N) is 4. The molecule has 35 heavy (non-hydrogen) atoms. The molecule has 0 unspecified atom stereocenters. The number of carbonyl (C=O) groups excluding carboxylic acids is 1. The highest BCUT2D eigenvalue weighted by atomic mass is 32.2. The van der Waals surface area contributed by atoms with Crippen LogP contribution < -0.4 is 5.32 Å². The fourth-order valence-electron chi connectivity index (χ4n) is 4.71. The van der Waals surface area contributed by atoms with Crippen LogP contribution in [0.25, 0.3) is 11.2 Å². The summed E-state index contributed by atoms with van der Waals surface area (Å²) in [4.78, 5) is 24.5. The Balaban J connectivity index is 1.23. The molecule has 0 saturated carbocycles. The molecule has 2 aromatic carbocycles. The van der Waals surface area contributed by atoms with E-state index in [2.05, 4.69) is 51.0 Å². The molecular weight excluding hydrogens is 454 g/mol. The molecule has 3 heterocycles. The second-order valence-electron chi connectivity index (χ2n) is 8.93. The first-order valence-corrected chi connectivity index (χ1v) is 13.3. The number of rotatable bonds is 9. The van der Waals surface area contributed by atoms with Crippen molar-refractivity contribution >= 4 is 28.8 Å². The van der Waals surface area contributed by atoms with Crippen molar-refractivity contribution in [2.75, 3.05) is 19.6 Å². The van der Waals surface area contributed by atoms with Gasteiger partial charge in [-0.3, -0.25) is 14.3 Å². The number of likely N-dealkylation sites (tertiary alicyclic amines) is 1. The van der Waals surface area contributed by atoms with Crippen LogP contribution in [-0.4, -0.2) is 51.0 Å². The van der Waals surface area contributed by atoms with Gasteiger partial charge in [-0.25, -0.2) is 9.97 Å². The van der Waals surface area contributed by atoms with Crippen LogP contribution in [0.3, 0.4) is 0 Å². The maximum atomic E-state index is 12.6. The van der Waals surface area contributed by atoms with Crippen molar-refractivity contribution in [1.82, 2.24) is 24.8 Å². The zero-order valence-electron chi connectivity index (χ0n) is 20.1. The lowest BCUT2D eigenvalue weighted by Crippen LogP contribution is -2.40. The average Bonchev–Trinajstić information content (AvgIpc) is 3.51. The summed E-state index contributed by atoms with van der Waals surface area (Å²) < 4.78 is 2.18. The number of pyridine rings is 1. The molecule has 0 radical (unpaired) electrons. The van der Waals surface area contributed by atoms with Crippen molar-refractivity contribution in [3.63, 3.8) is 0 Å². The Morgan fingerprint density at radius 3 is 2.69 bits per heavy atom. The molecule has 1 N–H and O–H groups in total. The lowest BCUT2D eigenvalue weighted by Gasteiger charge is -2.22. The maximum absolute atomic E-state index is 12.6. The predicted octanol–water partition coefficient (Wildman–Crippen LogP) is 4.99. The fraction of sp³-hybridized carbons (Fsp3) is 0.321. The number of nitrogens with one attached hydrogen (secondary N) is 1. The molecule has 1 aliphatic rings. The molecule has 7 heteroatoms. The van der Waals surface area contributed by atoms with Crippen LogP contribution in [0.1, 0.15) is 41.3 Å². The van der Waals surface area contributed by atoms with Crippen LogP contribution in [0.15, 0.2) is 78.1 Å². The van der Waals surface area contributed by atoms with E-state index in [0.717, 1.165) is 60.2 Å². The third kappa shape index (κ3) is 5.57. The Morgan fingerprint density at radius 2 is 1.89 bits per heavy atom. The standard InChI is InChI=1S/C28H31N5OS/c1-2-32-17-7-10-24(32)18-30-27(34)23-14-12-22(13-15-23)20-35-28-31-25-11-6-16-29-26(25)33(28)19-21-8-4-3-5-9-21/h3-6,8-9,11-16,24H,2,7,10,17-20H2,1H3,(H,30,34)/t24-/m1/s1. The molecule has 1 fully saturated rings. The van der Waals surface area contributed by atoms with Gasteiger partial charge in [-0.05, 0) is 61.3 Å². The third-order valence-corrected chi connectivity index (χ3v) is 7.69. The molecule has 1 amide bonds. The summed E-state index contributed by atoms with van der Waals surface area (Å²) in [5.41, 5.74) is 4.89. The summed E-state index contributed by atoms with van der Waals surface area (Å²) in [6.07, 6.45) is 4.20. The quantitative estimate of drug-likeness (QED) is 0.339. The van der Waals surface area contributed by atoms with Crippen LogP contribution in [0, 0.1) is 0 Å². The normalized spacial score (nSPS) is 16.1. The zero-order valence-corrected chi connectivity index (χ0v) is 20.9. The summed E-state index contributed by atoms with van der Waals surface area (Å²) in [5.74, 6) is 0.774. The molecule has 2 aromatic heterocycles. The van der Waals surface area contributed by atoms with E-state index in [1.165, 1.54) is 12.0 Å². The van der Waals surface area contributed by atoms with E-state index in [1.807, 2.05) is 48.7 Å². The molecule has 0 spiro atoms. The topological polar surface area (TPSA) is 63.1 Å². The van der Waals surface area contributed by atoms with E-state index in [-0.39, 0.29) is 5.91 Å². The van der Waals surface area contributed by atoms with E-state index in [0.29, 0.717) is 11.6 Å². The first-order chi connectivity index (χ1) is 17.2. The number of amides is 1. The predicted molar refractivity (Wildman–Crippen MR) is 142 cm³/mol. The molecule has 5 rings (SSSR count). The van der Waals surface area contributed by atoms with Crippen LogP contribution in [0.5, 0.6) is 0 Å². The fourth-order valence-corrected chi connectivity index (χ4v) is 5.67. The largest absolute Gasteiger partial charge is 0.350 e. The smallest absolute Gasteiger partial charge is 0.251 e. The number of benzene rings is 2. The maximum Gasteiger partial charge on any atom is 0.251 e. The lowest BCUT2D eigenvalue weighted by atomic mass is 10.1.